The number of imidazole rings is 1. The Balaban J connectivity index is 1.97. The number of morpholine rings is 1. The molecule has 110 valence electrons. The summed E-state index contributed by atoms with van der Waals surface area (Å²) in [5.74, 6) is 0.722. The second kappa shape index (κ2) is 5.72. The van der Waals surface area contributed by atoms with Crippen molar-refractivity contribution in [2.75, 3.05) is 31.7 Å². The fourth-order valence-electron chi connectivity index (χ4n) is 2.80. The topological polar surface area (TPSA) is 62.8 Å². The van der Waals surface area contributed by atoms with E-state index in [0.717, 1.165) is 18.0 Å². The molecule has 21 heavy (non-hydrogen) atoms. The molecular formula is C15H18N4O2. The number of methoxy groups -OCH3 is 1. The Morgan fingerprint density at radius 2 is 2.33 bits per heavy atom. The van der Waals surface area contributed by atoms with E-state index < -0.39 is 0 Å². The lowest BCUT2D eigenvalue weighted by Crippen LogP contribution is -2.48. The van der Waals surface area contributed by atoms with Gasteiger partial charge in [-0.25, -0.2) is 4.98 Å². The highest BCUT2D eigenvalue weighted by atomic mass is 16.5. The van der Waals surface area contributed by atoms with E-state index in [1.807, 2.05) is 35.7 Å². The minimum Gasteiger partial charge on any atom is -0.382 e. The molecule has 2 aromatic heterocycles. The van der Waals surface area contributed by atoms with E-state index in [4.69, 9.17) is 9.47 Å². The van der Waals surface area contributed by atoms with Crippen LogP contribution in [0.4, 0.5) is 5.82 Å². The Hall–Kier alpha value is -2.10. The predicted octanol–water partition coefficient (Wildman–Crippen LogP) is 1.45. The monoisotopic (exact) mass is 286 g/mol. The van der Waals surface area contributed by atoms with Crippen LogP contribution >= 0.6 is 0 Å². The van der Waals surface area contributed by atoms with Crippen molar-refractivity contribution in [3.8, 4) is 6.07 Å². The van der Waals surface area contributed by atoms with Crippen LogP contribution in [0.15, 0.2) is 24.4 Å². The van der Waals surface area contributed by atoms with Gasteiger partial charge in [-0.3, -0.25) is 4.40 Å². The van der Waals surface area contributed by atoms with Crippen molar-refractivity contribution in [2.45, 2.75) is 19.1 Å². The van der Waals surface area contributed by atoms with Crippen molar-refractivity contribution in [2.24, 2.45) is 0 Å². The Bertz CT molecular complexity index is 676. The van der Waals surface area contributed by atoms with E-state index in [2.05, 4.69) is 16.0 Å². The average molecular weight is 286 g/mol. The highest BCUT2D eigenvalue weighted by molar-refractivity contribution is 5.60. The summed E-state index contributed by atoms with van der Waals surface area (Å²) in [7, 11) is 1.67. The van der Waals surface area contributed by atoms with Gasteiger partial charge in [-0.2, -0.15) is 5.26 Å². The maximum Gasteiger partial charge on any atom is 0.169 e. The molecule has 0 saturated carbocycles. The zero-order valence-electron chi connectivity index (χ0n) is 12.2. The summed E-state index contributed by atoms with van der Waals surface area (Å²) in [6.45, 7) is 3.96. The van der Waals surface area contributed by atoms with Gasteiger partial charge in [0.15, 0.2) is 11.5 Å². The minimum atomic E-state index is -0.00453. The Kier molecular flexibility index (Phi) is 3.78. The standard InChI is InChI=1S/C15H18N4O2/c1-11-8-18(9-12(21-11)10-20-2)15-13(7-16)19-6-4-3-5-14(19)17-15/h3-6,11-12H,8-10H2,1-2H3. The summed E-state index contributed by atoms with van der Waals surface area (Å²) in [6, 6.07) is 7.99. The number of hydrogen-bond acceptors (Lipinski definition) is 5. The van der Waals surface area contributed by atoms with Crippen LogP contribution in [-0.2, 0) is 9.47 Å². The van der Waals surface area contributed by atoms with Crippen molar-refractivity contribution in [1.29, 1.82) is 5.26 Å². The lowest BCUT2D eigenvalue weighted by atomic mass is 10.2. The Labute approximate surface area is 123 Å². The second-order valence-corrected chi connectivity index (χ2v) is 5.25. The van der Waals surface area contributed by atoms with Gasteiger partial charge in [0.1, 0.15) is 11.7 Å². The summed E-state index contributed by atoms with van der Waals surface area (Å²) < 4.78 is 12.8. The summed E-state index contributed by atoms with van der Waals surface area (Å²) in [4.78, 5) is 6.72. The smallest absolute Gasteiger partial charge is 0.169 e. The molecule has 0 bridgehead atoms. The van der Waals surface area contributed by atoms with Gasteiger partial charge in [0.05, 0.1) is 18.8 Å². The van der Waals surface area contributed by atoms with E-state index >= 15 is 0 Å². The largest absolute Gasteiger partial charge is 0.382 e. The maximum absolute atomic E-state index is 9.48. The van der Waals surface area contributed by atoms with Crippen LogP contribution < -0.4 is 4.90 Å². The van der Waals surface area contributed by atoms with Gasteiger partial charge in [0.25, 0.3) is 0 Å². The molecule has 3 rings (SSSR count). The molecule has 1 fully saturated rings. The van der Waals surface area contributed by atoms with Crippen LogP contribution in [0.2, 0.25) is 0 Å². The van der Waals surface area contributed by atoms with Gasteiger partial charge in [0, 0.05) is 26.4 Å². The summed E-state index contributed by atoms with van der Waals surface area (Å²) in [5, 5.41) is 9.48. The summed E-state index contributed by atoms with van der Waals surface area (Å²) in [6.07, 6.45) is 1.94. The first-order valence-electron chi connectivity index (χ1n) is 6.99. The highest BCUT2D eigenvalue weighted by Crippen LogP contribution is 2.24. The summed E-state index contributed by atoms with van der Waals surface area (Å²) in [5.41, 5.74) is 1.35. The highest BCUT2D eigenvalue weighted by Gasteiger charge is 2.29. The van der Waals surface area contributed by atoms with Gasteiger partial charge < -0.3 is 14.4 Å². The molecule has 2 unspecified atom stereocenters. The van der Waals surface area contributed by atoms with E-state index in [9.17, 15) is 5.26 Å². The Morgan fingerprint density at radius 1 is 1.48 bits per heavy atom. The van der Waals surface area contributed by atoms with Gasteiger partial charge in [-0.15, -0.1) is 0 Å². The first-order valence-corrected chi connectivity index (χ1v) is 6.99. The number of rotatable bonds is 3. The molecule has 1 aliphatic heterocycles. The molecule has 3 heterocycles. The van der Waals surface area contributed by atoms with Crippen molar-refractivity contribution in [3.05, 3.63) is 30.1 Å². The average Bonchev–Trinajstić information content (AvgIpc) is 2.85. The quantitative estimate of drug-likeness (QED) is 0.854. The summed E-state index contributed by atoms with van der Waals surface area (Å²) >= 11 is 0. The minimum absolute atomic E-state index is 0.00453. The van der Waals surface area contributed by atoms with Crippen molar-refractivity contribution >= 4 is 11.5 Å². The van der Waals surface area contributed by atoms with E-state index in [1.165, 1.54) is 0 Å². The number of anilines is 1. The van der Waals surface area contributed by atoms with Crippen LogP contribution in [0, 0.1) is 11.3 Å². The van der Waals surface area contributed by atoms with Crippen LogP contribution in [0.5, 0.6) is 0 Å². The first-order chi connectivity index (χ1) is 10.2. The molecule has 0 aliphatic carbocycles. The predicted molar refractivity (Wildman–Crippen MR) is 78.3 cm³/mol. The molecule has 0 N–H and O–H groups in total. The third-order valence-corrected chi connectivity index (χ3v) is 3.60. The molecule has 2 atom stereocenters. The van der Waals surface area contributed by atoms with E-state index in [-0.39, 0.29) is 12.2 Å². The fourth-order valence-corrected chi connectivity index (χ4v) is 2.80. The third kappa shape index (κ3) is 2.58. The van der Waals surface area contributed by atoms with Crippen molar-refractivity contribution < 1.29 is 9.47 Å². The first kappa shape index (κ1) is 13.9. The van der Waals surface area contributed by atoms with Gasteiger partial charge >= 0.3 is 0 Å². The number of nitriles is 1. The number of hydrogen-bond donors (Lipinski definition) is 0. The molecule has 2 aromatic rings. The van der Waals surface area contributed by atoms with E-state index in [1.54, 1.807) is 7.11 Å². The maximum atomic E-state index is 9.48. The van der Waals surface area contributed by atoms with Gasteiger partial charge in [0.2, 0.25) is 0 Å². The molecule has 0 aromatic carbocycles. The van der Waals surface area contributed by atoms with Gasteiger partial charge in [-0.05, 0) is 19.1 Å². The molecular weight excluding hydrogens is 268 g/mol. The normalized spacial score (nSPS) is 22.4. The SMILES string of the molecule is COCC1CN(c2nc3ccccn3c2C#N)CC(C)O1. The molecule has 0 radical (unpaired) electrons. The second-order valence-electron chi connectivity index (χ2n) is 5.25. The molecule has 1 saturated heterocycles. The van der Waals surface area contributed by atoms with Gasteiger partial charge in [-0.1, -0.05) is 6.07 Å². The Morgan fingerprint density at radius 3 is 3.10 bits per heavy atom. The molecule has 1 aliphatic rings. The van der Waals surface area contributed by atoms with E-state index in [0.29, 0.717) is 18.8 Å². The van der Waals surface area contributed by atoms with Crippen LogP contribution in [0.3, 0.4) is 0 Å². The number of aromatic nitrogens is 2. The molecule has 0 spiro atoms. The zero-order valence-corrected chi connectivity index (χ0v) is 12.2. The molecule has 6 heteroatoms. The third-order valence-electron chi connectivity index (χ3n) is 3.60. The van der Waals surface area contributed by atoms with Crippen LogP contribution in [0.25, 0.3) is 5.65 Å². The zero-order chi connectivity index (χ0) is 14.8. The lowest BCUT2D eigenvalue weighted by Gasteiger charge is -2.36. The van der Waals surface area contributed by atoms with Crippen molar-refractivity contribution in [1.82, 2.24) is 9.38 Å². The van der Waals surface area contributed by atoms with Crippen LogP contribution in [-0.4, -0.2) is 48.4 Å². The number of pyridine rings is 1. The lowest BCUT2D eigenvalue weighted by molar-refractivity contribution is -0.0512. The number of ether oxygens (including phenoxy) is 2. The molecule has 0 amide bonds. The van der Waals surface area contributed by atoms with Crippen molar-refractivity contribution in [3.63, 3.8) is 0 Å². The molecule has 6 nitrogen and oxygen atoms in total. The number of nitrogens with zero attached hydrogens (tertiary/aromatic N) is 4. The van der Waals surface area contributed by atoms with Crippen LogP contribution in [0.1, 0.15) is 12.6 Å². The fraction of sp³-hybridized carbons (Fsp3) is 0.467. The number of fused-ring (bicyclic) bond motifs is 1.